The van der Waals surface area contributed by atoms with Crippen LogP contribution in [-0.2, 0) is 0 Å². The van der Waals surface area contributed by atoms with Crippen LogP contribution in [0, 0.1) is 34.5 Å². The normalized spacial score (nSPS) is 56.1. The summed E-state index contributed by atoms with van der Waals surface area (Å²) in [6.07, 6.45) is 12.0. The maximum atomic E-state index is 10.1. The second-order valence-corrected chi connectivity index (χ2v) is 10.2. The van der Waals surface area contributed by atoms with Gasteiger partial charge in [-0.2, -0.15) is 0 Å². The average Bonchev–Trinajstić information content (AvgIpc) is 2.85. The zero-order chi connectivity index (χ0) is 16.4. The minimum Gasteiger partial charge on any atom is -0.393 e. The van der Waals surface area contributed by atoms with Gasteiger partial charge in [-0.3, -0.25) is 0 Å². The summed E-state index contributed by atoms with van der Waals surface area (Å²) in [6, 6.07) is 0.798. The topological polar surface area (TPSA) is 23.5 Å². The third-order valence-electron chi connectivity index (χ3n) is 9.21. The standard InChI is InChI=1S/C21H37NO/c1-20-11-9-15(23)13-14(20)5-6-16-17-7-8-19(22(3)4)21(17,2)12-10-18(16)20/h14-19,23H,5-13H2,1-4H3/t14-,15+,16-,17-,18-,19-,20-,21-/m0/s1. The van der Waals surface area contributed by atoms with Gasteiger partial charge in [0.05, 0.1) is 6.10 Å². The zero-order valence-corrected chi connectivity index (χ0v) is 15.7. The Hall–Kier alpha value is -0.0800. The van der Waals surface area contributed by atoms with Crippen LogP contribution in [0.2, 0.25) is 0 Å². The molecule has 0 aromatic rings. The molecule has 0 bridgehead atoms. The second-order valence-electron chi connectivity index (χ2n) is 10.2. The molecule has 0 heterocycles. The molecule has 4 fully saturated rings. The Morgan fingerprint density at radius 1 is 0.826 bits per heavy atom. The van der Waals surface area contributed by atoms with E-state index in [2.05, 4.69) is 32.8 Å². The Bertz CT molecular complexity index is 463. The van der Waals surface area contributed by atoms with Gasteiger partial charge in [-0.15, -0.1) is 0 Å². The highest BCUT2D eigenvalue weighted by atomic mass is 16.3. The van der Waals surface area contributed by atoms with Crippen LogP contribution in [0.3, 0.4) is 0 Å². The molecular formula is C21H37NO. The number of hydrogen-bond donors (Lipinski definition) is 1. The van der Waals surface area contributed by atoms with Crippen LogP contribution < -0.4 is 0 Å². The first-order valence-electron chi connectivity index (χ1n) is 10.2. The highest BCUT2D eigenvalue weighted by Crippen LogP contribution is 2.66. The predicted octanol–water partition coefficient (Wildman–Crippen LogP) is 4.32. The molecule has 4 aliphatic carbocycles. The van der Waals surface area contributed by atoms with Crippen LogP contribution >= 0.6 is 0 Å². The summed E-state index contributed by atoms with van der Waals surface area (Å²) in [4.78, 5) is 2.52. The summed E-state index contributed by atoms with van der Waals surface area (Å²) in [5.74, 6) is 3.66. The fourth-order valence-electron chi connectivity index (χ4n) is 8.06. The Balaban J connectivity index is 1.60. The van der Waals surface area contributed by atoms with Crippen molar-refractivity contribution in [3.63, 3.8) is 0 Å². The van der Waals surface area contributed by atoms with Gasteiger partial charge in [0.15, 0.2) is 0 Å². The third kappa shape index (κ3) is 2.27. The highest BCUT2D eigenvalue weighted by Gasteiger charge is 2.60. The van der Waals surface area contributed by atoms with E-state index in [0.717, 1.165) is 42.6 Å². The molecule has 4 aliphatic rings. The maximum Gasteiger partial charge on any atom is 0.0543 e. The molecule has 0 aromatic carbocycles. The van der Waals surface area contributed by atoms with E-state index in [4.69, 9.17) is 0 Å². The van der Waals surface area contributed by atoms with Crippen LogP contribution in [-0.4, -0.2) is 36.2 Å². The van der Waals surface area contributed by atoms with Gasteiger partial charge in [0, 0.05) is 6.04 Å². The predicted molar refractivity (Wildman–Crippen MR) is 95.2 cm³/mol. The Kier molecular flexibility index (Phi) is 3.89. The van der Waals surface area contributed by atoms with Gasteiger partial charge >= 0.3 is 0 Å². The van der Waals surface area contributed by atoms with Gasteiger partial charge in [-0.1, -0.05) is 13.8 Å². The third-order valence-corrected chi connectivity index (χ3v) is 9.21. The molecule has 2 nitrogen and oxygen atoms in total. The summed E-state index contributed by atoms with van der Waals surface area (Å²) < 4.78 is 0. The lowest BCUT2D eigenvalue weighted by atomic mass is 9.45. The first-order chi connectivity index (χ1) is 10.9. The summed E-state index contributed by atoms with van der Waals surface area (Å²) in [5, 5.41) is 10.1. The molecule has 4 saturated carbocycles. The fourth-order valence-corrected chi connectivity index (χ4v) is 8.06. The minimum absolute atomic E-state index is 0.0110. The van der Waals surface area contributed by atoms with Crippen molar-refractivity contribution < 1.29 is 5.11 Å². The number of aliphatic hydroxyl groups excluding tert-OH is 1. The van der Waals surface area contributed by atoms with Crippen LogP contribution in [0.15, 0.2) is 0 Å². The van der Waals surface area contributed by atoms with Gasteiger partial charge in [0.25, 0.3) is 0 Å². The number of aliphatic hydroxyl groups is 1. The van der Waals surface area contributed by atoms with E-state index in [1.54, 1.807) is 0 Å². The summed E-state index contributed by atoms with van der Waals surface area (Å²) >= 11 is 0. The van der Waals surface area contributed by atoms with E-state index in [1.165, 1.54) is 44.9 Å². The smallest absolute Gasteiger partial charge is 0.0543 e. The molecular weight excluding hydrogens is 282 g/mol. The number of hydrogen-bond acceptors (Lipinski definition) is 2. The van der Waals surface area contributed by atoms with Gasteiger partial charge in [-0.25, -0.2) is 0 Å². The van der Waals surface area contributed by atoms with Crippen LogP contribution in [0.1, 0.15) is 71.6 Å². The van der Waals surface area contributed by atoms with E-state index in [9.17, 15) is 5.11 Å². The van der Waals surface area contributed by atoms with Gasteiger partial charge in [0.2, 0.25) is 0 Å². The SMILES string of the molecule is CN(C)[C@H]1CC[C@H]2[C@@H]3CC[C@H]4C[C@H](O)CC[C@]4(C)[C@H]3CC[C@]12C. The fraction of sp³-hybridized carbons (Fsp3) is 1.00. The summed E-state index contributed by atoms with van der Waals surface area (Å²) in [7, 11) is 4.59. The molecule has 8 atom stereocenters. The first kappa shape index (κ1) is 16.4. The quantitative estimate of drug-likeness (QED) is 0.778. The molecule has 0 radical (unpaired) electrons. The molecule has 4 rings (SSSR count). The summed E-state index contributed by atoms with van der Waals surface area (Å²) in [5.41, 5.74) is 1.09. The lowest BCUT2D eigenvalue weighted by Crippen LogP contribution is -2.55. The van der Waals surface area contributed by atoms with Crippen molar-refractivity contribution in [2.75, 3.05) is 14.1 Å². The van der Waals surface area contributed by atoms with Crippen LogP contribution in [0.25, 0.3) is 0 Å². The van der Waals surface area contributed by atoms with Crippen molar-refractivity contribution in [2.24, 2.45) is 34.5 Å². The van der Waals surface area contributed by atoms with E-state index in [-0.39, 0.29) is 6.10 Å². The Labute approximate surface area is 143 Å². The molecule has 0 unspecified atom stereocenters. The number of nitrogens with zero attached hydrogens (tertiary/aromatic N) is 1. The molecule has 0 saturated heterocycles. The van der Waals surface area contributed by atoms with Crippen molar-refractivity contribution in [1.29, 1.82) is 0 Å². The second kappa shape index (κ2) is 5.46. The molecule has 0 aromatic heterocycles. The highest BCUT2D eigenvalue weighted by molar-refractivity contribution is 5.10. The summed E-state index contributed by atoms with van der Waals surface area (Å²) in [6.45, 7) is 5.21. The van der Waals surface area contributed by atoms with Crippen molar-refractivity contribution >= 4 is 0 Å². The molecule has 132 valence electrons. The molecule has 2 heteroatoms. The average molecular weight is 320 g/mol. The van der Waals surface area contributed by atoms with E-state index >= 15 is 0 Å². The van der Waals surface area contributed by atoms with Crippen molar-refractivity contribution in [3.8, 4) is 0 Å². The van der Waals surface area contributed by atoms with Crippen molar-refractivity contribution in [1.82, 2.24) is 4.90 Å². The zero-order valence-electron chi connectivity index (χ0n) is 15.7. The monoisotopic (exact) mass is 319 g/mol. The van der Waals surface area contributed by atoms with Crippen molar-refractivity contribution in [3.05, 3.63) is 0 Å². The molecule has 0 spiro atoms. The Morgan fingerprint density at radius 2 is 1.52 bits per heavy atom. The largest absolute Gasteiger partial charge is 0.393 e. The van der Waals surface area contributed by atoms with Crippen LogP contribution in [0.4, 0.5) is 0 Å². The van der Waals surface area contributed by atoms with Crippen molar-refractivity contribution in [2.45, 2.75) is 83.8 Å². The number of fused-ring (bicyclic) bond motifs is 5. The molecule has 1 N–H and O–H groups in total. The van der Waals surface area contributed by atoms with Gasteiger partial charge in [-0.05, 0) is 106 Å². The molecule has 23 heavy (non-hydrogen) atoms. The minimum atomic E-state index is -0.0110. The number of rotatable bonds is 1. The van der Waals surface area contributed by atoms with Gasteiger partial charge in [0.1, 0.15) is 0 Å². The first-order valence-corrected chi connectivity index (χ1v) is 10.2. The lowest BCUT2D eigenvalue weighted by molar-refractivity contribution is -0.127. The van der Waals surface area contributed by atoms with E-state index in [0.29, 0.717) is 10.8 Å². The van der Waals surface area contributed by atoms with E-state index < -0.39 is 0 Å². The Morgan fingerprint density at radius 3 is 2.26 bits per heavy atom. The lowest BCUT2D eigenvalue weighted by Gasteiger charge is -2.61. The van der Waals surface area contributed by atoms with Crippen LogP contribution in [0.5, 0.6) is 0 Å². The van der Waals surface area contributed by atoms with Gasteiger partial charge < -0.3 is 10.0 Å². The van der Waals surface area contributed by atoms with E-state index in [1.807, 2.05) is 0 Å². The maximum absolute atomic E-state index is 10.1. The molecule has 0 aliphatic heterocycles. The molecule has 0 amide bonds.